The van der Waals surface area contributed by atoms with E-state index in [2.05, 4.69) is 20.4 Å². The molecule has 0 unspecified atom stereocenters. The number of carbonyl (C=O) groups excluding carboxylic acids is 1. The molecule has 3 heterocycles. The zero-order chi connectivity index (χ0) is 17.3. The number of aryl methyl sites for hydroxylation is 1. The lowest BCUT2D eigenvalue weighted by molar-refractivity contribution is 0.0698. The van der Waals surface area contributed by atoms with Crippen molar-refractivity contribution in [1.29, 1.82) is 5.26 Å². The number of aromatic nitrogens is 4. The Morgan fingerprint density at radius 1 is 1.42 bits per heavy atom. The number of aromatic carboxylic acids is 1. The number of nitriles is 1. The molecular formula is C14H10N6O4. The van der Waals surface area contributed by atoms with E-state index >= 15 is 0 Å². The van der Waals surface area contributed by atoms with Crippen LogP contribution in [-0.4, -0.2) is 43.3 Å². The van der Waals surface area contributed by atoms with Crippen LogP contribution in [0.2, 0.25) is 0 Å². The van der Waals surface area contributed by atoms with E-state index in [9.17, 15) is 14.7 Å². The Kier molecular flexibility index (Phi) is 3.67. The van der Waals surface area contributed by atoms with Gasteiger partial charge in [-0.2, -0.15) is 20.0 Å². The summed E-state index contributed by atoms with van der Waals surface area (Å²) in [7, 11) is 0. The molecule has 0 atom stereocenters. The van der Waals surface area contributed by atoms with Gasteiger partial charge in [0.05, 0.1) is 29.5 Å². The molecule has 24 heavy (non-hydrogen) atoms. The lowest BCUT2D eigenvalue weighted by Crippen LogP contribution is -2.24. The van der Waals surface area contributed by atoms with Crippen molar-refractivity contribution in [2.45, 2.75) is 6.92 Å². The molecule has 10 nitrogen and oxygen atoms in total. The molecule has 3 aromatic heterocycles. The Labute approximate surface area is 134 Å². The molecule has 0 saturated carbocycles. The highest BCUT2D eigenvalue weighted by Crippen LogP contribution is 2.22. The second-order valence-electron chi connectivity index (χ2n) is 4.72. The highest BCUT2D eigenvalue weighted by molar-refractivity contribution is 6.02. The zero-order valence-corrected chi connectivity index (χ0v) is 12.3. The molecule has 0 radical (unpaired) electrons. The standard InChI is InChI=1S/C14H10N6O4/c1-7-11(12(21)17-3-2-15)19-14(24-7)20-10-6-16-4-9(13(22)23)8(10)5-18-20/h4-6H,3H2,1H3,(H,17,21)(H,22,23). The summed E-state index contributed by atoms with van der Waals surface area (Å²) < 4.78 is 6.69. The lowest BCUT2D eigenvalue weighted by Gasteiger charge is -1.98. The number of amides is 1. The van der Waals surface area contributed by atoms with E-state index in [1.165, 1.54) is 23.3 Å². The summed E-state index contributed by atoms with van der Waals surface area (Å²) in [5.74, 6) is -1.44. The van der Waals surface area contributed by atoms with Gasteiger partial charge in [-0.05, 0) is 6.92 Å². The predicted octanol–water partition coefficient (Wildman–Crippen LogP) is 0.668. The first-order valence-corrected chi connectivity index (χ1v) is 6.71. The maximum atomic E-state index is 11.9. The number of carboxylic acids is 1. The molecule has 0 aliphatic heterocycles. The number of hydrogen-bond donors (Lipinski definition) is 2. The number of rotatable bonds is 4. The first-order chi connectivity index (χ1) is 11.5. The van der Waals surface area contributed by atoms with Crippen LogP contribution in [0.5, 0.6) is 0 Å². The van der Waals surface area contributed by atoms with Gasteiger partial charge >= 0.3 is 12.0 Å². The first kappa shape index (κ1) is 15.2. The Bertz CT molecular complexity index is 997. The largest absolute Gasteiger partial charge is 0.478 e. The summed E-state index contributed by atoms with van der Waals surface area (Å²) in [6.07, 6.45) is 4.00. The smallest absolute Gasteiger partial charge is 0.338 e. The molecule has 3 aromatic rings. The molecule has 120 valence electrons. The molecule has 0 bridgehead atoms. The maximum absolute atomic E-state index is 11.9. The van der Waals surface area contributed by atoms with Crippen molar-refractivity contribution in [2.75, 3.05) is 6.54 Å². The monoisotopic (exact) mass is 326 g/mol. The van der Waals surface area contributed by atoms with Crippen LogP contribution in [0, 0.1) is 18.3 Å². The van der Waals surface area contributed by atoms with Crippen molar-refractivity contribution in [1.82, 2.24) is 25.1 Å². The Balaban J connectivity index is 2.06. The summed E-state index contributed by atoms with van der Waals surface area (Å²) in [6.45, 7) is 1.39. The van der Waals surface area contributed by atoms with Gasteiger partial charge in [0.25, 0.3) is 5.91 Å². The van der Waals surface area contributed by atoms with Gasteiger partial charge in [-0.1, -0.05) is 0 Å². The summed E-state index contributed by atoms with van der Waals surface area (Å²) in [5, 5.41) is 24.5. The van der Waals surface area contributed by atoms with Crippen LogP contribution in [0.3, 0.4) is 0 Å². The SMILES string of the molecule is Cc1oc(-n2ncc3c(C(=O)O)cncc32)nc1C(=O)NCC#N. The van der Waals surface area contributed by atoms with Crippen molar-refractivity contribution in [3.05, 3.63) is 35.6 Å². The van der Waals surface area contributed by atoms with Crippen LogP contribution >= 0.6 is 0 Å². The molecule has 0 fully saturated rings. The second-order valence-corrected chi connectivity index (χ2v) is 4.72. The van der Waals surface area contributed by atoms with Gasteiger partial charge in [-0.15, -0.1) is 0 Å². The van der Waals surface area contributed by atoms with Crippen molar-refractivity contribution in [2.24, 2.45) is 0 Å². The first-order valence-electron chi connectivity index (χ1n) is 6.71. The fourth-order valence-electron chi connectivity index (χ4n) is 2.15. The number of carboxylic acid groups (broad SMARTS) is 1. The predicted molar refractivity (Wildman–Crippen MR) is 78.6 cm³/mol. The third-order valence-electron chi connectivity index (χ3n) is 3.24. The van der Waals surface area contributed by atoms with E-state index in [4.69, 9.17) is 9.68 Å². The van der Waals surface area contributed by atoms with Crippen LogP contribution in [-0.2, 0) is 0 Å². The summed E-state index contributed by atoms with van der Waals surface area (Å²) in [5.41, 5.74) is 0.389. The van der Waals surface area contributed by atoms with Gasteiger partial charge in [0.15, 0.2) is 5.69 Å². The fraction of sp³-hybridized carbons (Fsp3) is 0.143. The van der Waals surface area contributed by atoms with Crippen LogP contribution in [0.15, 0.2) is 23.0 Å². The number of fused-ring (bicyclic) bond motifs is 1. The van der Waals surface area contributed by atoms with Gasteiger partial charge in [0.2, 0.25) is 0 Å². The number of nitrogens with zero attached hydrogens (tertiary/aromatic N) is 5. The molecule has 2 N–H and O–H groups in total. The average molecular weight is 326 g/mol. The summed E-state index contributed by atoms with van der Waals surface area (Å²) in [6, 6.07) is 1.79. The lowest BCUT2D eigenvalue weighted by atomic mass is 10.2. The Morgan fingerprint density at radius 2 is 2.21 bits per heavy atom. The van der Waals surface area contributed by atoms with Gasteiger partial charge in [0, 0.05) is 11.6 Å². The van der Waals surface area contributed by atoms with E-state index in [1.807, 2.05) is 0 Å². The van der Waals surface area contributed by atoms with Crippen molar-refractivity contribution in [3.63, 3.8) is 0 Å². The Morgan fingerprint density at radius 3 is 2.92 bits per heavy atom. The van der Waals surface area contributed by atoms with Crippen LogP contribution in [0.1, 0.15) is 26.6 Å². The Hall–Kier alpha value is -3.74. The molecule has 10 heteroatoms. The molecule has 0 saturated heterocycles. The number of pyridine rings is 1. The van der Waals surface area contributed by atoms with Crippen LogP contribution in [0.25, 0.3) is 16.9 Å². The van der Waals surface area contributed by atoms with E-state index in [1.54, 1.807) is 13.0 Å². The molecule has 0 aromatic carbocycles. The normalized spacial score (nSPS) is 10.5. The van der Waals surface area contributed by atoms with E-state index in [-0.39, 0.29) is 29.6 Å². The van der Waals surface area contributed by atoms with Crippen molar-refractivity contribution in [3.8, 4) is 12.1 Å². The minimum absolute atomic E-state index is 0.00554. The maximum Gasteiger partial charge on any atom is 0.338 e. The van der Waals surface area contributed by atoms with E-state index in [0.29, 0.717) is 10.9 Å². The van der Waals surface area contributed by atoms with Crippen molar-refractivity contribution < 1.29 is 19.1 Å². The van der Waals surface area contributed by atoms with Crippen LogP contribution in [0.4, 0.5) is 0 Å². The van der Waals surface area contributed by atoms with Gasteiger partial charge in [0.1, 0.15) is 12.3 Å². The quantitative estimate of drug-likeness (QED) is 0.665. The van der Waals surface area contributed by atoms with E-state index < -0.39 is 11.9 Å². The summed E-state index contributed by atoms with van der Waals surface area (Å²) in [4.78, 5) is 31.1. The average Bonchev–Trinajstić information content (AvgIpc) is 3.15. The van der Waals surface area contributed by atoms with Gasteiger partial charge < -0.3 is 14.8 Å². The highest BCUT2D eigenvalue weighted by Gasteiger charge is 2.21. The number of hydrogen-bond acceptors (Lipinski definition) is 7. The minimum atomic E-state index is -1.13. The van der Waals surface area contributed by atoms with Gasteiger partial charge in [-0.3, -0.25) is 9.78 Å². The molecule has 0 aliphatic carbocycles. The minimum Gasteiger partial charge on any atom is -0.478 e. The van der Waals surface area contributed by atoms with E-state index in [0.717, 1.165) is 0 Å². The molecule has 1 amide bonds. The van der Waals surface area contributed by atoms with Crippen molar-refractivity contribution >= 4 is 22.8 Å². The molecule has 3 rings (SSSR count). The zero-order valence-electron chi connectivity index (χ0n) is 12.3. The number of carbonyl (C=O) groups is 2. The molecule has 0 aliphatic rings. The number of oxazole rings is 1. The second kappa shape index (κ2) is 5.81. The molecular weight excluding hydrogens is 316 g/mol. The topological polar surface area (TPSA) is 147 Å². The fourth-order valence-corrected chi connectivity index (χ4v) is 2.15. The summed E-state index contributed by atoms with van der Waals surface area (Å²) >= 11 is 0. The highest BCUT2D eigenvalue weighted by atomic mass is 16.4. The van der Waals surface area contributed by atoms with Crippen LogP contribution < -0.4 is 5.32 Å². The third kappa shape index (κ3) is 2.44. The third-order valence-corrected chi connectivity index (χ3v) is 3.24. The van der Waals surface area contributed by atoms with Gasteiger partial charge in [-0.25, -0.2) is 4.79 Å². The number of nitrogens with one attached hydrogen (secondary N) is 1. The molecule has 0 spiro atoms.